The van der Waals surface area contributed by atoms with Gasteiger partial charge in [-0.3, -0.25) is 13.9 Å². The van der Waals surface area contributed by atoms with E-state index in [1.54, 1.807) is 60.5 Å². The van der Waals surface area contributed by atoms with E-state index in [4.69, 9.17) is 4.74 Å². The molecule has 2 amide bonds. The van der Waals surface area contributed by atoms with Crippen LogP contribution in [0.15, 0.2) is 48.5 Å². The normalized spacial score (nSPS) is 19.5. The summed E-state index contributed by atoms with van der Waals surface area (Å²) in [5.41, 5.74) is 1.90. The zero-order valence-electron chi connectivity index (χ0n) is 17.3. The molecule has 0 saturated carbocycles. The van der Waals surface area contributed by atoms with Gasteiger partial charge in [0.1, 0.15) is 5.75 Å². The first-order chi connectivity index (χ1) is 14.8. The van der Waals surface area contributed by atoms with Gasteiger partial charge < -0.3 is 15.0 Å². The summed E-state index contributed by atoms with van der Waals surface area (Å²) in [5, 5.41) is 2.78. The van der Waals surface area contributed by atoms with E-state index < -0.39 is 16.1 Å². The minimum Gasteiger partial charge on any atom is -0.497 e. The summed E-state index contributed by atoms with van der Waals surface area (Å²) in [5.74, 6) is -0.181. The summed E-state index contributed by atoms with van der Waals surface area (Å²) in [7, 11) is -0.584. The van der Waals surface area contributed by atoms with Crippen molar-refractivity contribution in [2.45, 2.75) is 6.42 Å². The Morgan fingerprint density at radius 2 is 1.81 bits per heavy atom. The summed E-state index contributed by atoms with van der Waals surface area (Å²) in [6, 6.07) is 14.1. The molecule has 2 aliphatic heterocycles. The third-order valence-corrected chi connectivity index (χ3v) is 7.43. The SMILES string of the molecule is COc1ccc(N2C[C@H](C(=O)NCCN3c4ccccc4N(C)S3(=O)=O)CC2=O)cc1. The smallest absolute Gasteiger partial charge is 0.326 e. The highest BCUT2D eigenvalue weighted by Crippen LogP contribution is 2.39. The number of hydrogen-bond donors (Lipinski definition) is 1. The summed E-state index contributed by atoms with van der Waals surface area (Å²) in [6.45, 7) is 0.538. The first-order valence-corrected chi connectivity index (χ1v) is 11.3. The Labute approximate surface area is 181 Å². The molecule has 2 aliphatic rings. The lowest BCUT2D eigenvalue weighted by Crippen LogP contribution is -2.42. The van der Waals surface area contributed by atoms with Crippen molar-refractivity contribution in [1.29, 1.82) is 0 Å². The molecule has 9 nitrogen and oxygen atoms in total. The number of rotatable bonds is 6. The number of benzene rings is 2. The summed E-state index contributed by atoms with van der Waals surface area (Å²) >= 11 is 0. The molecule has 0 unspecified atom stereocenters. The lowest BCUT2D eigenvalue weighted by Gasteiger charge is -2.20. The minimum atomic E-state index is -3.66. The number of methoxy groups -OCH3 is 1. The van der Waals surface area contributed by atoms with Gasteiger partial charge in [-0.1, -0.05) is 12.1 Å². The molecule has 31 heavy (non-hydrogen) atoms. The summed E-state index contributed by atoms with van der Waals surface area (Å²) in [4.78, 5) is 26.6. The van der Waals surface area contributed by atoms with Crippen LogP contribution in [0.2, 0.25) is 0 Å². The average Bonchev–Trinajstić information content (AvgIpc) is 3.25. The second-order valence-corrected chi connectivity index (χ2v) is 9.31. The number of fused-ring (bicyclic) bond motifs is 1. The molecule has 0 radical (unpaired) electrons. The van der Waals surface area contributed by atoms with Crippen molar-refractivity contribution in [2.24, 2.45) is 5.92 Å². The van der Waals surface area contributed by atoms with Crippen molar-refractivity contribution in [1.82, 2.24) is 5.32 Å². The van der Waals surface area contributed by atoms with E-state index in [1.807, 2.05) is 0 Å². The number of carbonyl (C=O) groups excluding carboxylic acids is 2. The highest BCUT2D eigenvalue weighted by Gasteiger charge is 2.38. The van der Waals surface area contributed by atoms with Crippen LogP contribution in [-0.4, -0.2) is 54.0 Å². The Morgan fingerprint density at radius 3 is 2.48 bits per heavy atom. The number of ether oxygens (including phenoxy) is 1. The fraction of sp³-hybridized carbons (Fsp3) is 0.333. The highest BCUT2D eigenvalue weighted by molar-refractivity contribution is 7.94. The zero-order valence-corrected chi connectivity index (χ0v) is 18.1. The van der Waals surface area contributed by atoms with Gasteiger partial charge in [0.25, 0.3) is 0 Å². The van der Waals surface area contributed by atoms with Crippen LogP contribution in [0.5, 0.6) is 5.75 Å². The molecule has 2 aromatic rings. The van der Waals surface area contributed by atoms with E-state index in [9.17, 15) is 18.0 Å². The average molecular weight is 445 g/mol. The molecule has 0 aliphatic carbocycles. The maximum atomic E-state index is 12.6. The van der Waals surface area contributed by atoms with Gasteiger partial charge >= 0.3 is 10.2 Å². The largest absolute Gasteiger partial charge is 0.497 e. The van der Waals surface area contributed by atoms with Gasteiger partial charge in [-0.2, -0.15) is 8.42 Å². The topological polar surface area (TPSA) is 99.3 Å². The third kappa shape index (κ3) is 3.78. The molecule has 1 atom stereocenters. The number of anilines is 3. The Morgan fingerprint density at radius 1 is 1.13 bits per heavy atom. The molecule has 4 rings (SSSR count). The van der Waals surface area contributed by atoms with Crippen LogP contribution in [0.4, 0.5) is 17.1 Å². The molecular formula is C21H24N4O5S. The Kier molecular flexibility index (Phi) is 5.48. The van der Waals surface area contributed by atoms with Gasteiger partial charge in [0.05, 0.1) is 30.9 Å². The molecule has 1 fully saturated rings. The maximum absolute atomic E-state index is 12.6. The number of carbonyl (C=O) groups is 2. The van der Waals surface area contributed by atoms with Gasteiger partial charge in [0.15, 0.2) is 0 Å². The molecule has 164 valence electrons. The molecule has 1 N–H and O–H groups in total. The number of hydrogen-bond acceptors (Lipinski definition) is 5. The maximum Gasteiger partial charge on any atom is 0.326 e. The van der Waals surface area contributed by atoms with Gasteiger partial charge in [-0.15, -0.1) is 0 Å². The van der Waals surface area contributed by atoms with Crippen molar-refractivity contribution in [3.63, 3.8) is 0 Å². The standard InChI is InChI=1S/C21H24N4O5S/c1-23-18-5-3-4-6-19(18)25(31(23,28)29)12-11-22-21(27)15-13-20(26)24(14-15)16-7-9-17(30-2)10-8-16/h3-10,15H,11-14H2,1-2H3,(H,22,27)/t15-/m1/s1. The van der Waals surface area contributed by atoms with E-state index >= 15 is 0 Å². The van der Waals surface area contributed by atoms with Gasteiger partial charge in [-0.25, -0.2) is 4.31 Å². The molecule has 2 heterocycles. The Balaban J connectivity index is 1.36. The van der Waals surface area contributed by atoms with Crippen LogP contribution in [-0.2, 0) is 19.8 Å². The van der Waals surface area contributed by atoms with E-state index in [1.165, 1.54) is 15.7 Å². The van der Waals surface area contributed by atoms with Crippen LogP contribution < -0.4 is 23.6 Å². The second kappa shape index (κ2) is 8.10. The van der Waals surface area contributed by atoms with E-state index in [2.05, 4.69) is 5.32 Å². The molecule has 10 heteroatoms. The number of amides is 2. The van der Waals surface area contributed by atoms with Crippen molar-refractivity contribution in [3.05, 3.63) is 48.5 Å². The Bertz CT molecular complexity index is 1100. The monoisotopic (exact) mass is 444 g/mol. The Hall–Kier alpha value is -3.27. The quantitative estimate of drug-likeness (QED) is 0.726. The van der Waals surface area contributed by atoms with Gasteiger partial charge in [0.2, 0.25) is 11.8 Å². The molecule has 0 aromatic heterocycles. The predicted molar refractivity (Wildman–Crippen MR) is 118 cm³/mol. The van der Waals surface area contributed by atoms with E-state index in [0.29, 0.717) is 22.8 Å². The van der Waals surface area contributed by atoms with Gasteiger partial charge in [0, 0.05) is 32.2 Å². The lowest BCUT2D eigenvalue weighted by atomic mass is 10.1. The minimum absolute atomic E-state index is 0.109. The van der Waals surface area contributed by atoms with Crippen molar-refractivity contribution < 1.29 is 22.7 Å². The van der Waals surface area contributed by atoms with E-state index in [0.717, 1.165) is 0 Å². The summed E-state index contributed by atoms with van der Waals surface area (Å²) < 4.78 is 32.9. The summed E-state index contributed by atoms with van der Waals surface area (Å²) in [6.07, 6.45) is 0.117. The van der Waals surface area contributed by atoms with Crippen molar-refractivity contribution >= 4 is 39.1 Å². The zero-order chi connectivity index (χ0) is 22.2. The van der Waals surface area contributed by atoms with Crippen molar-refractivity contribution in [2.75, 3.05) is 47.3 Å². The van der Waals surface area contributed by atoms with Crippen LogP contribution >= 0.6 is 0 Å². The number of nitrogens with zero attached hydrogens (tertiary/aromatic N) is 3. The molecular weight excluding hydrogens is 420 g/mol. The van der Waals surface area contributed by atoms with Crippen LogP contribution in [0.3, 0.4) is 0 Å². The van der Waals surface area contributed by atoms with Gasteiger partial charge in [-0.05, 0) is 36.4 Å². The first kappa shape index (κ1) is 21.0. The lowest BCUT2D eigenvalue weighted by molar-refractivity contribution is -0.126. The fourth-order valence-electron chi connectivity index (χ4n) is 3.89. The van der Waals surface area contributed by atoms with Crippen LogP contribution in [0.25, 0.3) is 0 Å². The highest BCUT2D eigenvalue weighted by atomic mass is 32.2. The molecule has 0 bridgehead atoms. The molecule has 1 saturated heterocycles. The van der Waals surface area contributed by atoms with Crippen LogP contribution in [0, 0.1) is 5.92 Å². The fourth-order valence-corrected chi connectivity index (χ4v) is 5.32. The number of nitrogens with one attached hydrogen (secondary N) is 1. The third-order valence-electron chi connectivity index (χ3n) is 5.61. The number of para-hydroxylation sites is 2. The predicted octanol–water partition coefficient (Wildman–Crippen LogP) is 1.37. The molecule has 2 aromatic carbocycles. The first-order valence-electron chi connectivity index (χ1n) is 9.90. The molecule has 0 spiro atoms. The van der Waals surface area contributed by atoms with E-state index in [-0.39, 0.29) is 37.9 Å². The van der Waals surface area contributed by atoms with Crippen LogP contribution in [0.1, 0.15) is 6.42 Å². The second-order valence-electron chi connectivity index (χ2n) is 7.43. The van der Waals surface area contributed by atoms with Crippen molar-refractivity contribution in [3.8, 4) is 5.75 Å².